The lowest BCUT2D eigenvalue weighted by Crippen LogP contribution is -2.15. The van der Waals surface area contributed by atoms with E-state index in [4.69, 9.17) is 0 Å². The first-order valence-electron chi connectivity index (χ1n) is 4.90. The maximum absolute atomic E-state index is 9.71. The summed E-state index contributed by atoms with van der Waals surface area (Å²) in [6.07, 6.45) is 3.39. The first-order chi connectivity index (χ1) is 6.72. The third-order valence-electron chi connectivity index (χ3n) is 2.04. The molecule has 1 rings (SSSR count). The van der Waals surface area contributed by atoms with Crippen molar-refractivity contribution in [3.8, 4) is 0 Å². The number of aliphatic hydroxyl groups is 1. The van der Waals surface area contributed by atoms with Gasteiger partial charge in [-0.25, -0.2) is 4.98 Å². The Hall–Kier alpha value is -0.0600. The average molecular weight is 231 g/mol. The molecule has 1 aromatic rings. The molecule has 80 valence electrons. The maximum Gasteiger partial charge on any atom is 0.0950 e. The number of aliphatic hydroxyl groups excluding tert-OH is 1. The highest BCUT2D eigenvalue weighted by molar-refractivity contribution is 7.99. The van der Waals surface area contributed by atoms with Gasteiger partial charge in [0.25, 0.3) is 0 Å². The number of nitrogens with zero attached hydrogens (tertiary/aromatic N) is 1. The van der Waals surface area contributed by atoms with Gasteiger partial charge in [0.1, 0.15) is 0 Å². The lowest BCUT2D eigenvalue weighted by atomic mass is 10.3. The van der Waals surface area contributed by atoms with Gasteiger partial charge in [-0.05, 0) is 6.42 Å². The van der Waals surface area contributed by atoms with Crippen molar-refractivity contribution in [2.45, 2.75) is 38.0 Å². The fourth-order valence-corrected chi connectivity index (χ4v) is 2.60. The molecule has 0 saturated heterocycles. The Bertz CT molecular complexity index is 238. The van der Waals surface area contributed by atoms with E-state index in [-0.39, 0.29) is 6.10 Å². The van der Waals surface area contributed by atoms with Crippen LogP contribution in [0.1, 0.15) is 25.3 Å². The zero-order valence-corrected chi connectivity index (χ0v) is 10.3. The van der Waals surface area contributed by atoms with E-state index >= 15 is 0 Å². The lowest BCUT2D eigenvalue weighted by Gasteiger charge is -2.12. The van der Waals surface area contributed by atoms with Crippen molar-refractivity contribution < 1.29 is 5.11 Å². The van der Waals surface area contributed by atoms with Crippen LogP contribution >= 0.6 is 23.1 Å². The molecular weight excluding hydrogens is 214 g/mol. The monoisotopic (exact) mass is 231 g/mol. The zero-order chi connectivity index (χ0) is 10.4. The van der Waals surface area contributed by atoms with Gasteiger partial charge in [0.2, 0.25) is 0 Å². The van der Waals surface area contributed by atoms with Crippen LogP contribution < -0.4 is 0 Å². The molecule has 0 saturated carbocycles. The van der Waals surface area contributed by atoms with Crippen LogP contribution in [0.4, 0.5) is 0 Å². The Morgan fingerprint density at radius 3 is 3.00 bits per heavy atom. The molecule has 1 N–H and O–H groups in total. The van der Waals surface area contributed by atoms with E-state index < -0.39 is 0 Å². The summed E-state index contributed by atoms with van der Waals surface area (Å²) in [4.78, 5) is 4.15. The summed E-state index contributed by atoms with van der Waals surface area (Å²) in [6, 6.07) is 0. The number of thioether (sulfide) groups is 1. The normalized spacial score (nSPS) is 15.4. The molecule has 0 amide bonds. The van der Waals surface area contributed by atoms with E-state index in [1.807, 2.05) is 17.1 Å². The molecule has 0 aliphatic heterocycles. The van der Waals surface area contributed by atoms with Crippen LogP contribution in [0.5, 0.6) is 0 Å². The van der Waals surface area contributed by atoms with Crippen molar-refractivity contribution in [3.05, 3.63) is 16.6 Å². The molecule has 2 unspecified atom stereocenters. The fraction of sp³-hybridized carbons (Fsp3) is 0.700. The second-order valence-corrected chi connectivity index (χ2v) is 5.79. The first kappa shape index (κ1) is 12.0. The quantitative estimate of drug-likeness (QED) is 0.817. The second kappa shape index (κ2) is 6.43. The van der Waals surface area contributed by atoms with Gasteiger partial charge >= 0.3 is 0 Å². The summed E-state index contributed by atoms with van der Waals surface area (Å²) in [5.74, 6) is 0.814. The van der Waals surface area contributed by atoms with Gasteiger partial charge in [-0.15, -0.1) is 11.3 Å². The summed E-state index contributed by atoms with van der Waals surface area (Å²) < 4.78 is 0. The van der Waals surface area contributed by atoms with Crippen LogP contribution in [0.25, 0.3) is 0 Å². The van der Waals surface area contributed by atoms with Gasteiger partial charge in [-0.3, -0.25) is 0 Å². The minimum Gasteiger partial charge on any atom is -0.392 e. The second-order valence-electron chi connectivity index (χ2n) is 3.34. The van der Waals surface area contributed by atoms with Crippen molar-refractivity contribution in [1.29, 1.82) is 0 Å². The predicted molar refractivity (Wildman–Crippen MR) is 64.0 cm³/mol. The van der Waals surface area contributed by atoms with E-state index in [1.54, 1.807) is 17.5 Å². The average Bonchev–Trinajstić information content (AvgIpc) is 2.66. The molecular formula is C10H17NOS2. The molecule has 4 heteroatoms. The van der Waals surface area contributed by atoms with E-state index in [9.17, 15) is 5.11 Å². The number of aromatic nitrogens is 1. The largest absolute Gasteiger partial charge is 0.392 e. The zero-order valence-electron chi connectivity index (χ0n) is 8.64. The van der Waals surface area contributed by atoms with Crippen molar-refractivity contribution >= 4 is 23.1 Å². The molecule has 2 atom stereocenters. The molecule has 1 heterocycles. The maximum atomic E-state index is 9.71. The number of hydrogen-bond donors (Lipinski definition) is 1. The lowest BCUT2D eigenvalue weighted by molar-refractivity contribution is 0.200. The summed E-state index contributed by atoms with van der Waals surface area (Å²) in [5, 5.41) is 13.3. The fourth-order valence-electron chi connectivity index (χ4n) is 1.01. The topological polar surface area (TPSA) is 33.1 Å². The summed E-state index contributed by atoms with van der Waals surface area (Å²) in [6.45, 7) is 4.37. The predicted octanol–water partition coefficient (Wildman–Crippen LogP) is 2.58. The van der Waals surface area contributed by atoms with E-state index in [2.05, 4.69) is 18.8 Å². The highest BCUT2D eigenvalue weighted by Crippen LogP contribution is 2.16. The Morgan fingerprint density at radius 2 is 2.43 bits per heavy atom. The standard InChI is InChI=1S/C10H17NOS2/c1-3-8(2)14-7-9(12)6-10-11-4-5-13-10/h4-5,8-9,12H,3,6-7H2,1-2H3. The number of rotatable bonds is 6. The highest BCUT2D eigenvalue weighted by atomic mass is 32.2. The smallest absolute Gasteiger partial charge is 0.0950 e. The minimum atomic E-state index is -0.250. The molecule has 0 fully saturated rings. The molecule has 14 heavy (non-hydrogen) atoms. The third-order valence-corrected chi connectivity index (χ3v) is 4.32. The molecule has 2 nitrogen and oxygen atoms in total. The Kier molecular flexibility index (Phi) is 5.52. The first-order valence-corrected chi connectivity index (χ1v) is 6.83. The molecule has 1 aromatic heterocycles. The van der Waals surface area contributed by atoms with Crippen molar-refractivity contribution in [3.63, 3.8) is 0 Å². The molecule has 0 radical (unpaired) electrons. The van der Waals surface area contributed by atoms with Crippen LogP contribution in [0.15, 0.2) is 11.6 Å². The summed E-state index contributed by atoms with van der Waals surface area (Å²) >= 11 is 3.44. The SMILES string of the molecule is CCC(C)SCC(O)Cc1nccs1. The Morgan fingerprint density at radius 1 is 1.64 bits per heavy atom. The Balaban J connectivity index is 2.19. The van der Waals surface area contributed by atoms with Gasteiger partial charge in [-0.2, -0.15) is 11.8 Å². The minimum absolute atomic E-state index is 0.250. The van der Waals surface area contributed by atoms with Crippen LogP contribution in [-0.4, -0.2) is 27.2 Å². The molecule has 0 spiro atoms. The van der Waals surface area contributed by atoms with Gasteiger partial charge in [-0.1, -0.05) is 13.8 Å². The molecule has 0 aromatic carbocycles. The van der Waals surface area contributed by atoms with E-state index in [0.29, 0.717) is 11.7 Å². The molecule has 0 bridgehead atoms. The summed E-state index contributed by atoms with van der Waals surface area (Å²) in [5.41, 5.74) is 0. The van der Waals surface area contributed by atoms with Crippen LogP contribution in [0.2, 0.25) is 0 Å². The van der Waals surface area contributed by atoms with Crippen molar-refractivity contribution in [2.75, 3.05) is 5.75 Å². The van der Waals surface area contributed by atoms with Crippen molar-refractivity contribution in [1.82, 2.24) is 4.98 Å². The number of hydrogen-bond acceptors (Lipinski definition) is 4. The van der Waals surface area contributed by atoms with Gasteiger partial charge < -0.3 is 5.11 Å². The van der Waals surface area contributed by atoms with Crippen LogP contribution in [0, 0.1) is 0 Å². The summed E-state index contributed by atoms with van der Waals surface area (Å²) in [7, 11) is 0. The van der Waals surface area contributed by atoms with E-state index in [0.717, 1.165) is 17.2 Å². The third kappa shape index (κ3) is 4.44. The van der Waals surface area contributed by atoms with Gasteiger partial charge in [0.05, 0.1) is 11.1 Å². The Labute approximate surface area is 93.8 Å². The molecule has 0 aliphatic rings. The van der Waals surface area contributed by atoms with Crippen molar-refractivity contribution in [2.24, 2.45) is 0 Å². The molecule has 0 aliphatic carbocycles. The van der Waals surface area contributed by atoms with Crippen LogP contribution in [-0.2, 0) is 6.42 Å². The number of thiazole rings is 1. The van der Waals surface area contributed by atoms with E-state index in [1.165, 1.54) is 0 Å². The van der Waals surface area contributed by atoms with Crippen LogP contribution in [0.3, 0.4) is 0 Å². The highest BCUT2D eigenvalue weighted by Gasteiger charge is 2.09. The van der Waals surface area contributed by atoms with Gasteiger partial charge in [0, 0.05) is 29.0 Å². The van der Waals surface area contributed by atoms with Gasteiger partial charge in [0.15, 0.2) is 0 Å².